The maximum absolute atomic E-state index is 13.0. The lowest BCUT2D eigenvalue weighted by molar-refractivity contribution is -0.135. The highest BCUT2D eigenvalue weighted by Crippen LogP contribution is 2.33. The molecular formula is C22H26ClN3O. The van der Waals surface area contributed by atoms with Crippen LogP contribution in [-0.4, -0.2) is 22.3 Å². The number of para-hydroxylation sites is 2. The van der Waals surface area contributed by atoms with Crippen LogP contribution in [0.5, 0.6) is 0 Å². The number of carbonyl (C=O) groups excluding carboxylic acids is 1. The largest absolute Gasteiger partial charge is 0.399 e. The monoisotopic (exact) mass is 383 g/mol. The lowest BCUT2D eigenvalue weighted by atomic mass is 9.98. The number of nitrogens with two attached hydrogens (primary N) is 1. The fourth-order valence-corrected chi connectivity index (χ4v) is 3.98. The number of piperidine rings is 1. The molecule has 1 aliphatic rings. The number of carbonyl (C=O) groups is 1. The highest BCUT2D eigenvalue weighted by atomic mass is 35.5. The second kappa shape index (κ2) is 8.49. The van der Waals surface area contributed by atoms with Crippen molar-refractivity contribution in [1.82, 2.24) is 9.88 Å². The zero-order valence-electron chi connectivity index (χ0n) is 15.4. The van der Waals surface area contributed by atoms with Crippen LogP contribution in [0.1, 0.15) is 43.0 Å². The molecule has 1 amide bonds. The Balaban J connectivity index is 0.00000210. The first-order valence-corrected chi connectivity index (χ1v) is 9.43. The molecule has 0 aliphatic carbocycles. The van der Waals surface area contributed by atoms with Crippen LogP contribution in [0.25, 0.3) is 10.9 Å². The van der Waals surface area contributed by atoms with E-state index in [0.29, 0.717) is 12.8 Å². The number of nitrogen functional groups attached to an aromatic ring is 1. The van der Waals surface area contributed by atoms with Crippen molar-refractivity contribution in [2.24, 2.45) is 0 Å². The number of aromatic amines is 1. The molecule has 3 N–H and O–H groups in total. The molecule has 0 saturated carbocycles. The molecule has 5 heteroatoms. The highest BCUT2D eigenvalue weighted by molar-refractivity contribution is 5.85. The summed E-state index contributed by atoms with van der Waals surface area (Å²) < 4.78 is 0. The molecule has 1 saturated heterocycles. The predicted molar refractivity (Wildman–Crippen MR) is 113 cm³/mol. The summed E-state index contributed by atoms with van der Waals surface area (Å²) >= 11 is 0. The van der Waals surface area contributed by atoms with E-state index in [1.807, 2.05) is 36.4 Å². The lowest BCUT2D eigenvalue weighted by Gasteiger charge is -2.35. The fourth-order valence-electron chi connectivity index (χ4n) is 3.98. The van der Waals surface area contributed by atoms with Gasteiger partial charge in [0, 0.05) is 29.9 Å². The van der Waals surface area contributed by atoms with Gasteiger partial charge in [-0.2, -0.15) is 0 Å². The number of rotatable bonds is 4. The van der Waals surface area contributed by atoms with E-state index in [4.69, 9.17) is 5.73 Å². The maximum Gasteiger partial charge on any atom is 0.223 e. The average Bonchev–Trinajstić information content (AvgIpc) is 3.11. The fraction of sp³-hybridized carbons (Fsp3) is 0.318. The molecule has 1 aromatic heterocycles. The van der Waals surface area contributed by atoms with Gasteiger partial charge in [-0.25, -0.2) is 0 Å². The van der Waals surface area contributed by atoms with Crippen molar-refractivity contribution in [3.8, 4) is 0 Å². The molecule has 142 valence electrons. The molecule has 0 radical (unpaired) electrons. The molecule has 1 atom stereocenters. The number of hydrogen-bond donors (Lipinski definition) is 2. The number of aromatic nitrogens is 1. The summed E-state index contributed by atoms with van der Waals surface area (Å²) in [6.45, 7) is 0.836. The molecule has 0 spiro atoms. The number of nitrogens with zero attached hydrogens (tertiary/aromatic N) is 1. The van der Waals surface area contributed by atoms with Crippen molar-refractivity contribution in [1.29, 1.82) is 0 Å². The maximum atomic E-state index is 13.0. The minimum Gasteiger partial charge on any atom is -0.399 e. The van der Waals surface area contributed by atoms with Crippen LogP contribution in [0.15, 0.2) is 54.6 Å². The van der Waals surface area contributed by atoms with Crippen LogP contribution >= 0.6 is 12.4 Å². The number of fused-ring (bicyclic) bond motifs is 1. The van der Waals surface area contributed by atoms with Crippen molar-refractivity contribution in [3.63, 3.8) is 0 Å². The van der Waals surface area contributed by atoms with Gasteiger partial charge >= 0.3 is 0 Å². The third kappa shape index (κ3) is 4.11. The summed E-state index contributed by atoms with van der Waals surface area (Å²) in [5.74, 6) is 0.219. The van der Waals surface area contributed by atoms with Crippen molar-refractivity contribution < 1.29 is 4.79 Å². The van der Waals surface area contributed by atoms with E-state index in [2.05, 4.69) is 28.1 Å². The Bertz CT molecular complexity index is 888. The topological polar surface area (TPSA) is 62.1 Å². The van der Waals surface area contributed by atoms with Crippen LogP contribution in [0.2, 0.25) is 0 Å². The number of anilines is 1. The SMILES string of the molecule is Cl.Nc1ccccc1CCC(=O)N1CCCCC1c1cc2ccccc2[nH]1. The van der Waals surface area contributed by atoms with Crippen LogP contribution in [0.3, 0.4) is 0 Å². The van der Waals surface area contributed by atoms with Gasteiger partial charge < -0.3 is 15.6 Å². The Kier molecular flexibility index (Phi) is 6.07. The molecule has 2 aromatic carbocycles. The number of H-pyrrole nitrogens is 1. The van der Waals surface area contributed by atoms with Gasteiger partial charge in [0.2, 0.25) is 5.91 Å². The summed E-state index contributed by atoms with van der Waals surface area (Å²) in [4.78, 5) is 18.5. The summed E-state index contributed by atoms with van der Waals surface area (Å²) in [5, 5.41) is 1.21. The standard InChI is InChI=1S/C22H25N3O.ClH/c23-18-9-3-1-7-16(18)12-13-22(26)25-14-6-5-11-21(25)20-15-17-8-2-4-10-19(17)24-20;/h1-4,7-10,15,21,24H,5-6,11-14,23H2;1H. The molecule has 2 heterocycles. The first kappa shape index (κ1) is 19.3. The quantitative estimate of drug-likeness (QED) is 0.632. The van der Waals surface area contributed by atoms with E-state index in [9.17, 15) is 4.79 Å². The predicted octanol–water partition coefficient (Wildman–Crippen LogP) is 4.86. The van der Waals surface area contributed by atoms with Gasteiger partial charge in [0.05, 0.1) is 6.04 Å². The van der Waals surface area contributed by atoms with Crippen molar-refractivity contribution >= 4 is 34.9 Å². The van der Waals surface area contributed by atoms with Crippen molar-refractivity contribution in [2.75, 3.05) is 12.3 Å². The zero-order valence-corrected chi connectivity index (χ0v) is 16.2. The summed E-state index contributed by atoms with van der Waals surface area (Å²) in [6, 6.07) is 18.4. The van der Waals surface area contributed by atoms with Gasteiger partial charge in [-0.05, 0) is 54.8 Å². The highest BCUT2D eigenvalue weighted by Gasteiger charge is 2.28. The molecule has 27 heavy (non-hydrogen) atoms. The molecular weight excluding hydrogens is 358 g/mol. The van der Waals surface area contributed by atoms with Gasteiger partial charge in [-0.15, -0.1) is 12.4 Å². The zero-order chi connectivity index (χ0) is 17.9. The number of likely N-dealkylation sites (tertiary alicyclic amines) is 1. The third-order valence-electron chi connectivity index (χ3n) is 5.40. The number of aryl methyl sites for hydroxylation is 1. The first-order chi connectivity index (χ1) is 12.7. The normalized spacial score (nSPS) is 16.9. The minimum absolute atomic E-state index is 0. The van der Waals surface area contributed by atoms with E-state index in [1.165, 1.54) is 5.39 Å². The number of benzene rings is 2. The Morgan fingerprint density at radius 2 is 1.89 bits per heavy atom. The van der Waals surface area contributed by atoms with Gasteiger partial charge in [-0.1, -0.05) is 36.4 Å². The van der Waals surface area contributed by atoms with E-state index < -0.39 is 0 Å². The second-order valence-electron chi connectivity index (χ2n) is 7.11. The molecule has 1 aliphatic heterocycles. The smallest absolute Gasteiger partial charge is 0.223 e. The van der Waals surface area contributed by atoms with E-state index >= 15 is 0 Å². The molecule has 0 bridgehead atoms. The Morgan fingerprint density at radius 3 is 2.70 bits per heavy atom. The molecule has 4 rings (SSSR count). The van der Waals surface area contributed by atoms with Gasteiger partial charge in [-0.3, -0.25) is 4.79 Å². The summed E-state index contributed by atoms with van der Waals surface area (Å²) in [5.41, 5.74) is 10.1. The number of hydrogen-bond acceptors (Lipinski definition) is 2. The van der Waals surface area contributed by atoms with Crippen LogP contribution in [0, 0.1) is 0 Å². The van der Waals surface area contributed by atoms with Gasteiger partial charge in [0.1, 0.15) is 0 Å². The molecule has 1 unspecified atom stereocenters. The van der Waals surface area contributed by atoms with Crippen molar-refractivity contribution in [3.05, 3.63) is 65.9 Å². The molecule has 4 nitrogen and oxygen atoms in total. The number of halogens is 1. The van der Waals surface area contributed by atoms with Gasteiger partial charge in [0.25, 0.3) is 0 Å². The second-order valence-corrected chi connectivity index (χ2v) is 7.11. The summed E-state index contributed by atoms with van der Waals surface area (Å²) in [6.07, 6.45) is 4.46. The third-order valence-corrected chi connectivity index (χ3v) is 5.40. The van der Waals surface area contributed by atoms with Crippen LogP contribution < -0.4 is 5.73 Å². The van der Waals surface area contributed by atoms with Crippen LogP contribution in [-0.2, 0) is 11.2 Å². The molecule has 3 aromatic rings. The van der Waals surface area contributed by atoms with Crippen molar-refractivity contribution in [2.45, 2.75) is 38.1 Å². The molecule has 1 fully saturated rings. The van der Waals surface area contributed by atoms with E-state index in [1.54, 1.807) is 0 Å². The van der Waals surface area contributed by atoms with E-state index in [-0.39, 0.29) is 24.4 Å². The lowest BCUT2D eigenvalue weighted by Crippen LogP contribution is -2.38. The first-order valence-electron chi connectivity index (χ1n) is 9.43. The average molecular weight is 384 g/mol. The van der Waals surface area contributed by atoms with E-state index in [0.717, 1.165) is 48.3 Å². The Hall–Kier alpha value is -2.46. The van der Waals surface area contributed by atoms with Crippen LogP contribution in [0.4, 0.5) is 5.69 Å². The Morgan fingerprint density at radius 1 is 1.11 bits per heavy atom. The Labute approximate surface area is 166 Å². The number of amides is 1. The summed E-state index contributed by atoms with van der Waals surface area (Å²) in [7, 11) is 0. The van der Waals surface area contributed by atoms with Gasteiger partial charge in [0.15, 0.2) is 0 Å². The minimum atomic E-state index is 0. The number of nitrogens with one attached hydrogen (secondary N) is 1.